The summed E-state index contributed by atoms with van der Waals surface area (Å²) in [6.07, 6.45) is 0. The molecular formula is C17H20. The summed E-state index contributed by atoms with van der Waals surface area (Å²) in [4.78, 5) is 0. The quantitative estimate of drug-likeness (QED) is 0.697. The summed E-state index contributed by atoms with van der Waals surface area (Å²) in [7, 11) is 0. The third-order valence-corrected chi connectivity index (χ3v) is 3.77. The van der Waals surface area contributed by atoms with Crippen LogP contribution in [0.15, 0.2) is 48.5 Å². The summed E-state index contributed by atoms with van der Waals surface area (Å²) in [5.41, 5.74) is 5.63. The first-order valence-corrected chi connectivity index (χ1v) is 6.15. The lowest BCUT2D eigenvalue weighted by molar-refractivity contribution is 0.635. The van der Waals surface area contributed by atoms with E-state index in [0.29, 0.717) is 0 Å². The van der Waals surface area contributed by atoms with Crippen molar-refractivity contribution in [2.45, 2.75) is 33.1 Å². The van der Waals surface area contributed by atoms with E-state index in [0.717, 1.165) is 0 Å². The van der Waals surface area contributed by atoms with E-state index in [9.17, 15) is 0 Å². The van der Waals surface area contributed by atoms with Gasteiger partial charge in [-0.2, -0.15) is 0 Å². The van der Waals surface area contributed by atoms with Crippen LogP contribution in [0.4, 0.5) is 0 Å². The molecular weight excluding hydrogens is 204 g/mol. The summed E-state index contributed by atoms with van der Waals surface area (Å²) in [5.74, 6) is 0. The third-order valence-electron chi connectivity index (χ3n) is 3.77. The van der Waals surface area contributed by atoms with Crippen LogP contribution in [0.3, 0.4) is 0 Å². The molecule has 0 aliphatic heterocycles. The Kier molecular flexibility index (Phi) is 3.06. The van der Waals surface area contributed by atoms with Gasteiger partial charge in [0.25, 0.3) is 0 Å². The highest BCUT2D eigenvalue weighted by Crippen LogP contribution is 2.34. The zero-order chi connectivity index (χ0) is 12.5. The van der Waals surface area contributed by atoms with Crippen molar-refractivity contribution in [1.82, 2.24) is 0 Å². The zero-order valence-corrected chi connectivity index (χ0v) is 11.1. The molecule has 0 aliphatic rings. The van der Waals surface area contributed by atoms with Gasteiger partial charge >= 0.3 is 0 Å². The van der Waals surface area contributed by atoms with E-state index in [1.54, 1.807) is 0 Å². The molecule has 0 aliphatic carbocycles. The van der Waals surface area contributed by atoms with Crippen LogP contribution in [-0.2, 0) is 5.41 Å². The molecule has 0 heteroatoms. The molecule has 0 aromatic heterocycles. The van der Waals surface area contributed by atoms with Crippen molar-refractivity contribution in [2.24, 2.45) is 0 Å². The first kappa shape index (κ1) is 11.9. The van der Waals surface area contributed by atoms with Gasteiger partial charge in [-0.3, -0.25) is 0 Å². The smallest absolute Gasteiger partial charge is 0.0149 e. The second-order valence-electron chi connectivity index (χ2n) is 5.24. The molecule has 0 heterocycles. The molecule has 0 saturated carbocycles. The van der Waals surface area contributed by atoms with Gasteiger partial charge in [0.2, 0.25) is 0 Å². The van der Waals surface area contributed by atoms with Gasteiger partial charge in [-0.05, 0) is 36.1 Å². The lowest BCUT2D eigenvalue weighted by Crippen LogP contribution is -2.20. The van der Waals surface area contributed by atoms with Crippen LogP contribution in [-0.4, -0.2) is 0 Å². The van der Waals surface area contributed by atoms with Crippen LogP contribution in [0.25, 0.3) is 0 Å². The van der Waals surface area contributed by atoms with Crippen LogP contribution in [0, 0.1) is 13.8 Å². The van der Waals surface area contributed by atoms with Gasteiger partial charge in [0.05, 0.1) is 0 Å². The Bertz CT molecular complexity index is 507. The molecule has 2 aromatic carbocycles. The van der Waals surface area contributed by atoms with Gasteiger partial charge in [-0.1, -0.05) is 62.4 Å². The number of aryl methyl sites for hydroxylation is 1. The van der Waals surface area contributed by atoms with E-state index >= 15 is 0 Å². The maximum atomic E-state index is 2.30. The zero-order valence-electron chi connectivity index (χ0n) is 11.1. The molecule has 0 spiro atoms. The normalized spacial score (nSPS) is 11.5. The van der Waals surface area contributed by atoms with Crippen molar-refractivity contribution in [3.63, 3.8) is 0 Å². The highest BCUT2D eigenvalue weighted by atomic mass is 14.3. The van der Waals surface area contributed by atoms with E-state index in [4.69, 9.17) is 0 Å². The first-order chi connectivity index (χ1) is 8.03. The average Bonchev–Trinajstić information content (AvgIpc) is 2.33. The fourth-order valence-electron chi connectivity index (χ4n) is 2.44. The van der Waals surface area contributed by atoms with Crippen LogP contribution in [0.2, 0.25) is 0 Å². The van der Waals surface area contributed by atoms with E-state index in [2.05, 4.69) is 76.2 Å². The molecule has 88 valence electrons. The van der Waals surface area contributed by atoms with Gasteiger partial charge in [0, 0.05) is 5.41 Å². The molecule has 0 radical (unpaired) electrons. The minimum absolute atomic E-state index is 0.0668. The monoisotopic (exact) mass is 224 g/mol. The number of benzene rings is 2. The largest absolute Gasteiger partial charge is 0.0622 e. The first-order valence-electron chi connectivity index (χ1n) is 6.15. The molecule has 0 fully saturated rings. The second kappa shape index (κ2) is 4.37. The van der Waals surface area contributed by atoms with Crippen LogP contribution in [0.1, 0.15) is 36.1 Å². The Labute approximate surface area is 104 Å². The van der Waals surface area contributed by atoms with E-state index in [1.165, 1.54) is 22.3 Å². The lowest BCUT2D eigenvalue weighted by Gasteiger charge is -2.28. The Hall–Kier alpha value is -1.56. The standard InChI is InChI=1S/C17H20/c1-13-9-8-12-16(14(13)2)17(3,4)15-10-6-5-7-11-15/h5-12H,1-4H3. The van der Waals surface area contributed by atoms with Crippen molar-refractivity contribution in [3.8, 4) is 0 Å². The highest BCUT2D eigenvalue weighted by molar-refractivity contribution is 5.44. The fourth-order valence-corrected chi connectivity index (χ4v) is 2.44. The second-order valence-corrected chi connectivity index (χ2v) is 5.24. The number of hydrogen-bond acceptors (Lipinski definition) is 0. The molecule has 0 bridgehead atoms. The van der Waals surface area contributed by atoms with Crippen molar-refractivity contribution in [1.29, 1.82) is 0 Å². The third kappa shape index (κ3) is 2.12. The molecule has 0 amide bonds. The molecule has 2 rings (SSSR count). The molecule has 17 heavy (non-hydrogen) atoms. The molecule has 0 N–H and O–H groups in total. The maximum absolute atomic E-state index is 2.30. The van der Waals surface area contributed by atoms with E-state index in [1.807, 2.05) is 0 Å². The van der Waals surface area contributed by atoms with Crippen LogP contribution < -0.4 is 0 Å². The summed E-state index contributed by atoms with van der Waals surface area (Å²) in [6.45, 7) is 8.99. The van der Waals surface area contributed by atoms with E-state index in [-0.39, 0.29) is 5.41 Å². The number of rotatable bonds is 2. The summed E-state index contributed by atoms with van der Waals surface area (Å²) in [6, 6.07) is 17.3. The lowest BCUT2D eigenvalue weighted by atomic mass is 9.75. The van der Waals surface area contributed by atoms with Gasteiger partial charge in [-0.15, -0.1) is 0 Å². The van der Waals surface area contributed by atoms with Gasteiger partial charge in [0.15, 0.2) is 0 Å². The van der Waals surface area contributed by atoms with Gasteiger partial charge < -0.3 is 0 Å². The predicted octanol–water partition coefficient (Wildman–Crippen LogP) is 4.63. The van der Waals surface area contributed by atoms with Crippen molar-refractivity contribution >= 4 is 0 Å². The molecule has 0 unspecified atom stereocenters. The Morgan fingerprint density at radius 3 is 2.06 bits per heavy atom. The Balaban J connectivity index is 2.56. The van der Waals surface area contributed by atoms with Crippen molar-refractivity contribution in [2.75, 3.05) is 0 Å². The minimum Gasteiger partial charge on any atom is -0.0622 e. The van der Waals surface area contributed by atoms with Crippen LogP contribution in [0.5, 0.6) is 0 Å². The summed E-state index contributed by atoms with van der Waals surface area (Å²) >= 11 is 0. The number of hydrogen-bond donors (Lipinski definition) is 0. The Morgan fingerprint density at radius 1 is 0.765 bits per heavy atom. The highest BCUT2D eigenvalue weighted by Gasteiger charge is 2.24. The molecule has 0 atom stereocenters. The van der Waals surface area contributed by atoms with E-state index < -0.39 is 0 Å². The summed E-state index contributed by atoms with van der Waals surface area (Å²) < 4.78 is 0. The minimum atomic E-state index is 0.0668. The molecule has 2 aromatic rings. The average molecular weight is 224 g/mol. The molecule has 0 nitrogen and oxygen atoms in total. The van der Waals surface area contributed by atoms with Gasteiger partial charge in [-0.25, -0.2) is 0 Å². The Morgan fingerprint density at radius 2 is 1.41 bits per heavy atom. The molecule has 0 saturated heterocycles. The van der Waals surface area contributed by atoms with Gasteiger partial charge in [0.1, 0.15) is 0 Å². The predicted molar refractivity (Wildman–Crippen MR) is 74.5 cm³/mol. The summed E-state index contributed by atoms with van der Waals surface area (Å²) in [5, 5.41) is 0. The fraction of sp³-hybridized carbons (Fsp3) is 0.294. The SMILES string of the molecule is Cc1cccc(C(C)(C)c2ccccc2)c1C. The van der Waals surface area contributed by atoms with Crippen molar-refractivity contribution in [3.05, 3.63) is 70.8 Å². The maximum Gasteiger partial charge on any atom is 0.0149 e. The van der Waals surface area contributed by atoms with Crippen LogP contribution >= 0.6 is 0 Å². The van der Waals surface area contributed by atoms with Crippen molar-refractivity contribution < 1.29 is 0 Å². The topological polar surface area (TPSA) is 0 Å².